The van der Waals surface area contributed by atoms with Crippen molar-refractivity contribution >= 4 is 17.6 Å². The number of hydrogen-bond acceptors (Lipinski definition) is 3. The second kappa shape index (κ2) is 12.0. The molecule has 0 spiro atoms. The summed E-state index contributed by atoms with van der Waals surface area (Å²) < 4.78 is 0. The highest BCUT2D eigenvalue weighted by Gasteiger charge is 2.24. The van der Waals surface area contributed by atoms with Gasteiger partial charge in [-0.05, 0) is 48.3 Å². The first-order chi connectivity index (χ1) is 16.2. The average molecular weight is 465 g/mol. The molecule has 184 valence electrons. The van der Waals surface area contributed by atoms with E-state index in [9.17, 15) is 9.59 Å². The molecule has 1 fully saturated rings. The van der Waals surface area contributed by atoms with E-state index in [2.05, 4.69) is 72.8 Å². The van der Waals surface area contributed by atoms with Gasteiger partial charge in [0.25, 0.3) is 0 Å². The van der Waals surface area contributed by atoms with Crippen molar-refractivity contribution in [1.29, 1.82) is 0 Å². The number of urea groups is 1. The molecule has 2 aromatic carbocycles. The Kier molecular flexibility index (Phi) is 9.11. The van der Waals surface area contributed by atoms with Crippen molar-refractivity contribution in [3.63, 3.8) is 0 Å². The first kappa shape index (κ1) is 25.8. The minimum atomic E-state index is -0.615. The number of anilines is 1. The van der Waals surface area contributed by atoms with Crippen molar-refractivity contribution < 1.29 is 9.59 Å². The number of nitrogens with zero attached hydrogens (tertiary/aromatic N) is 1. The number of piperidine rings is 1. The zero-order valence-electron chi connectivity index (χ0n) is 21.2. The molecule has 3 N–H and O–H groups in total. The summed E-state index contributed by atoms with van der Waals surface area (Å²) in [6, 6.07) is 15.8. The molecule has 3 amide bonds. The summed E-state index contributed by atoms with van der Waals surface area (Å²) in [5.41, 5.74) is 4.36. The number of nitrogens with one attached hydrogen (secondary N) is 3. The van der Waals surface area contributed by atoms with Gasteiger partial charge in [-0.25, -0.2) is 4.79 Å². The minimum absolute atomic E-state index is 0.140. The summed E-state index contributed by atoms with van der Waals surface area (Å²) in [6.07, 6.45) is 1.83. The molecule has 34 heavy (non-hydrogen) atoms. The van der Waals surface area contributed by atoms with E-state index in [0.717, 1.165) is 49.3 Å². The van der Waals surface area contributed by atoms with Crippen LogP contribution in [0.4, 0.5) is 10.5 Å². The number of carbonyl (C=O) groups is 2. The fraction of sp³-hybridized carbons (Fsp3) is 0.500. The van der Waals surface area contributed by atoms with Gasteiger partial charge >= 0.3 is 6.03 Å². The second-order valence-corrected chi connectivity index (χ2v) is 9.99. The van der Waals surface area contributed by atoms with Crippen molar-refractivity contribution in [2.24, 2.45) is 0 Å². The number of carbonyl (C=O) groups excluding carboxylic acids is 2. The molecule has 0 radical (unpaired) electrons. The lowest BCUT2D eigenvalue weighted by molar-refractivity contribution is -0.123. The van der Waals surface area contributed by atoms with Crippen LogP contribution in [0, 0.1) is 0 Å². The maximum Gasteiger partial charge on any atom is 0.319 e. The van der Waals surface area contributed by atoms with Crippen LogP contribution in [-0.4, -0.2) is 42.0 Å². The number of para-hydroxylation sites is 1. The van der Waals surface area contributed by atoms with Crippen molar-refractivity contribution in [3.8, 4) is 0 Å². The summed E-state index contributed by atoms with van der Waals surface area (Å²) in [6.45, 7) is 13.0. The summed E-state index contributed by atoms with van der Waals surface area (Å²) in [5, 5.41) is 8.97. The zero-order valence-corrected chi connectivity index (χ0v) is 21.2. The first-order valence-electron chi connectivity index (χ1n) is 12.5. The van der Waals surface area contributed by atoms with Gasteiger partial charge < -0.3 is 16.0 Å². The van der Waals surface area contributed by atoms with Crippen LogP contribution in [0.1, 0.15) is 76.0 Å². The maximum atomic E-state index is 12.8. The molecular weight excluding hydrogens is 424 g/mol. The summed E-state index contributed by atoms with van der Waals surface area (Å²) in [5.74, 6) is 0.419. The van der Waals surface area contributed by atoms with E-state index in [0.29, 0.717) is 0 Å². The molecule has 1 heterocycles. The van der Waals surface area contributed by atoms with E-state index >= 15 is 0 Å². The molecule has 2 aromatic rings. The monoisotopic (exact) mass is 464 g/mol. The third-order valence-electron chi connectivity index (χ3n) is 6.54. The summed E-state index contributed by atoms with van der Waals surface area (Å²) in [4.78, 5) is 28.0. The van der Waals surface area contributed by atoms with E-state index < -0.39 is 6.04 Å². The predicted octanol–water partition coefficient (Wildman–Crippen LogP) is 5.22. The average Bonchev–Trinajstić information content (AvgIpc) is 2.80. The molecule has 1 aliphatic heterocycles. The van der Waals surface area contributed by atoms with E-state index in [1.165, 1.54) is 5.56 Å². The van der Waals surface area contributed by atoms with Crippen LogP contribution in [0.15, 0.2) is 48.5 Å². The maximum absolute atomic E-state index is 12.8. The smallest absolute Gasteiger partial charge is 0.319 e. The summed E-state index contributed by atoms with van der Waals surface area (Å²) >= 11 is 0. The van der Waals surface area contributed by atoms with Gasteiger partial charge in [0.15, 0.2) is 0 Å². The van der Waals surface area contributed by atoms with Gasteiger partial charge in [-0.3, -0.25) is 9.69 Å². The van der Waals surface area contributed by atoms with Gasteiger partial charge in [-0.2, -0.15) is 0 Å². The standard InChI is InChI=1S/C28H40N4O2/c1-19(2)24-12-9-13-25(20(3)4)26(24)31-28(34)29-21(5)27(33)30-23-14-16-32(17-15-23)18-22-10-7-6-8-11-22/h6-13,19-21,23H,14-18H2,1-5H3,(H,30,33)(H2,29,31,34). The van der Waals surface area contributed by atoms with Gasteiger partial charge in [0, 0.05) is 31.4 Å². The Balaban J connectivity index is 1.49. The number of rotatable bonds is 8. The third-order valence-corrected chi connectivity index (χ3v) is 6.54. The van der Waals surface area contributed by atoms with Crippen LogP contribution >= 0.6 is 0 Å². The van der Waals surface area contributed by atoms with Gasteiger partial charge in [0.05, 0.1) is 0 Å². The Morgan fingerprint density at radius 1 is 0.882 bits per heavy atom. The number of amides is 3. The molecule has 1 aliphatic rings. The number of benzene rings is 2. The molecule has 0 bridgehead atoms. The molecule has 1 atom stereocenters. The summed E-state index contributed by atoms with van der Waals surface area (Å²) in [7, 11) is 0. The second-order valence-electron chi connectivity index (χ2n) is 9.99. The van der Waals surface area contributed by atoms with Crippen molar-refractivity contribution in [2.75, 3.05) is 18.4 Å². The molecule has 3 rings (SSSR count). The van der Waals surface area contributed by atoms with Gasteiger partial charge in [0.2, 0.25) is 5.91 Å². The van der Waals surface area contributed by atoms with E-state index in [-0.39, 0.29) is 29.8 Å². The number of hydrogen-bond donors (Lipinski definition) is 3. The van der Waals surface area contributed by atoms with Gasteiger partial charge in [-0.15, -0.1) is 0 Å². The Labute approximate surface area is 204 Å². The molecule has 1 unspecified atom stereocenters. The van der Waals surface area contributed by atoms with Crippen LogP contribution < -0.4 is 16.0 Å². The Morgan fingerprint density at radius 3 is 2.03 bits per heavy atom. The van der Waals surface area contributed by atoms with E-state index in [1.807, 2.05) is 24.3 Å². The molecule has 0 aromatic heterocycles. The van der Waals surface area contributed by atoms with Crippen LogP contribution in [0.3, 0.4) is 0 Å². The lowest BCUT2D eigenvalue weighted by Crippen LogP contribution is -2.51. The third kappa shape index (κ3) is 7.07. The highest BCUT2D eigenvalue weighted by Crippen LogP contribution is 2.32. The lowest BCUT2D eigenvalue weighted by Gasteiger charge is -2.33. The van der Waals surface area contributed by atoms with Gasteiger partial charge in [-0.1, -0.05) is 76.2 Å². The highest BCUT2D eigenvalue weighted by atomic mass is 16.2. The quantitative estimate of drug-likeness (QED) is 0.501. The fourth-order valence-corrected chi connectivity index (χ4v) is 4.51. The lowest BCUT2D eigenvalue weighted by atomic mass is 9.93. The molecule has 0 aliphatic carbocycles. The van der Waals surface area contributed by atoms with Crippen molar-refractivity contribution in [3.05, 3.63) is 65.2 Å². The molecule has 6 heteroatoms. The van der Waals surface area contributed by atoms with Crippen molar-refractivity contribution in [1.82, 2.24) is 15.5 Å². The zero-order chi connectivity index (χ0) is 24.7. The van der Waals surface area contributed by atoms with Crippen LogP contribution in [0.5, 0.6) is 0 Å². The highest BCUT2D eigenvalue weighted by molar-refractivity contribution is 5.95. The molecule has 0 saturated carbocycles. The topological polar surface area (TPSA) is 73.5 Å². The van der Waals surface area contributed by atoms with Gasteiger partial charge in [0.1, 0.15) is 6.04 Å². The Morgan fingerprint density at radius 2 is 1.47 bits per heavy atom. The van der Waals surface area contributed by atoms with Crippen LogP contribution in [-0.2, 0) is 11.3 Å². The largest absolute Gasteiger partial charge is 0.351 e. The molecule has 6 nitrogen and oxygen atoms in total. The predicted molar refractivity (Wildman–Crippen MR) is 139 cm³/mol. The normalized spacial score (nSPS) is 15.9. The fourth-order valence-electron chi connectivity index (χ4n) is 4.51. The number of likely N-dealkylation sites (tertiary alicyclic amines) is 1. The first-order valence-corrected chi connectivity index (χ1v) is 12.5. The van der Waals surface area contributed by atoms with E-state index in [1.54, 1.807) is 6.92 Å². The van der Waals surface area contributed by atoms with Crippen molar-refractivity contribution in [2.45, 2.75) is 77.9 Å². The molecular formula is C28H40N4O2. The van der Waals surface area contributed by atoms with E-state index in [4.69, 9.17) is 0 Å². The Bertz CT molecular complexity index is 924. The van der Waals surface area contributed by atoms with Crippen LogP contribution in [0.25, 0.3) is 0 Å². The van der Waals surface area contributed by atoms with Crippen LogP contribution in [0.2, 0.25) is 0 Å². The Hall–Kier alpha value is -2.86. The molecule has 1 saturated heterocycles. The SMILES string of the molecule is CC(NC(=O)Nc1c(C(C)C)cccc1C(C)C)C(=O)NC1CCN(Cc2ccccc2)CC1. The minimum Gasteiger partial charge on any atom is -0.351 e.